The Labute approximate surface area is 219 Å². The summed E-state index contributed by atoms with van der Waals surface area (Å²) in [5, 5.41) is 10.4. The first-order valence-electron chi connectivity index (χ1n) is 11.8. The number of carbonyl (C=O) groups excluding carboxylic acids is 3. The van der Waals surface area contributed by atoms with Crippen molar-refractivity contribution in [1.29, 1.82) is 0 Å². The molecule has 3 amide bonds. The molecule has 2 heterocycles. The van der Waals surface area contributed by atoms with Crippen molar-refractivity contribution in [2.75, 3.05) is 20.8 Å². The summed E-state index contributed by atoms with van der Waals surface area (Å²) in [7, 11) is 4.70. The molecule has 0 saturated carbocycles. The van der Waals surface area contributed by atoms with Gasteiger partial charge in [0.2, 0.25) is 0 Å². The van der Waals surface area contributed by atoms with E-state index in [1.54, 1.807) is 31.3 Å². The lowest BCUT2D eigenvalue weighted by atomic mass is 9.95. The molecule has 2 aromatic carbocycles. The number of fused-ring (bicyclic) bond motifs is 1. The molecule has 3 aromatic rings. The fraction of sp³-hybridized carbons (Fsp3) is 0.259. The summed E-state index contributed by atoms with van der Waals surface area (Å²) in [6.45, 7) is 3.30. The third-order valence-corrected chi connectivity index (χ3v) is 6.39. The highest BCUT2D eigenvalue weighted by molar-refractivity contribution is 6.01. The minimum atomic E-state index is -0.755. The van der Waals surface area contributed by atoms with Gasteiger partial charge in [0, 0.05) is 34.9 Å². The van der Waals surface area contributed by atoms with Crippen LogP contribution >= 0.6 is 0 Å². The molecule has 0 aliphatic carbocycles. The van der Waals surface area contributed by atoms with Gasteiger partial charge in [0.15, 0.2) is 18.1 Å². The highest BCUT2D eigenvalue weighted by atomic mass is 16.5. The number of hydrazone groups is 1. The van der Waals surface area contributed by atoms with E-state index >= 15 is 0 Å². The number of methoxy groups -OCH3 is 2. The smallest absolute Gasteiger partial charge is 0.337 e. The lowest BCUT2D eigenvalue weighted by Gasteiger charge is -2.28. The molecule has 1 aromatic heterocycles. The number of nitrogens with one attached hydrogen (secondary N) is 3. The second-order valence-corrected chi connectivity index (χ2v) is 8.63. The van der Waals surface area contributed by atoms with Gasteiger partial charge in [-0.05, 0) is 37.6 Å². The second kappa shape index (κ2) is 11.1. The summed E-state index contributed by atoms with van der Waals surface area (Å²) in [5.74, 6) is -0.404. The van der Waals surface area contributed by atoms with Gasteiger partial charge in [0.25, 0.3) is 5.91 Å². The summed E-state index contributed by atoms with van der Waals surface area (Å²) in [6.07, 6.45) is 1.62. The van der Waals surface area contributed by atoms with E-state index in [2.05, 4.69) is 25.7 Å². The largest absolute Gasteiger partial charge is 0.493 e. The van der Waals surface area contributed by atoms with Crippen LogP contribution in [0.3, 0.4) is 0 Å². The maximum Gasteiger partial charge on any atom is 0.337 e. The van der Waals surface area contributed by atoms with Crippen LogP contribution in [-0.4, -0.2) is 49.5 Å². The molecule has 11 nitrogen and oxygen atoms in total. The van der Waals surface area contributed by atoms with Crippen molar-refractivity contribution < 1.29 is 28.6 Å². The molecule has 4 rings (SSSR count). The molecular formula is C27H29N5O6. The average molecular weight is 520 g/mol. The Bertz CT molecular complexity index is 1470. The number of carbonyl (C=O) groups is 3. The predicted molar refractivity (Wildman–Crippen MR) is 141 cm³/mol. The van der Waals surface area contributed by atoms with Gasteiger partial charge in [-0.2, -0.15) is 5.10 Å². The molecule has 0 bridgehead atoms. The van der Waals surface area contributed by atoms with E-state index in [0.717, 1.165) is 22.2 Å². The summed E-state index contributed by atoms with van der Waals surface area (Å²) < 4.78 is 18.0. The van der Waals surface area contributed by atoms with Crippen LogP contribution in [0.25, 0.3) is 10.9 Å². The Hall–Kier alpha value is -4.80. The third-order valence-electron chi connectivity index (χ3n) is 6.39. The molecule has 0 spiro atoms. The van der Waals surface area contributed by atoms with Crippen molar-refractivity contribution in [3.8, 4) is 11.5 Å². The van der Waals surface area contributed by atoms with E-state index in [1.807, 2.05) is 38.2 Å². The standard InChI is InChI=1S/C27H29N5O6/c1-15-24(26(34)37-5)25(30-27(35)29-15)17-10-11-21(22(12-17)36-4)38-14-23(33)31-28-13-19-16(2)32(3)20-9-7-6-8-18(19)20/h6-13,25H,14H2,1-5H3,(H,31,33)(H2,29,30,35)/b28-13-/t25-/m0/s1. The number of para-hydroxylation sites is 1. The number of nitrogens with zero attached hydrogens (tertiary/aromatic N) is 2. The Morgan fingerprint density at radius 3 is 2.63 bits per heavy atom. The first-order chi connectivity index (χ1) is 18.2. The molecule has 1 aliphatic heterocycles. The molecule has 1 aliphatic rings. The fourth-order valence-electron chi connectivity index (χ4n) is 4.36. The molecule has 0 radical (unpaired) electrons. The molecule has 0 unspecified atom stereocenters. The monoisotopic (exact) mass is 519 g/mol. The van der Waals surface area contributed by atoms with Crippen molar-refractivity contribution in [3.05, 3.63) is 70.6 Å². The highest BCUT2D eigenvalue weighted by Crippen LogP contribution is 2.34. The van der Waals surface area contributed by atoms with Crippen molar-refractivity contribution in [2.24, 2.45) is 12.1 Å². The van der Waals surface area contributed by atoms with Crippen LogP contribution in [0.15, 0.2) is 58.8 Å². The molecular weight excluding hydrogens is 490 g/mol. The Kier molecular flexibility index (Phi) is 7.66. The van der Waals surface area contributed by atoms with Gasteiger partial charge in [-0.25, -0.2) is 15.0 Å². The summed E-state index contributed by atoms with van der Waals surface area (Å²) in [5.41, 5.74) is 6.73. The number of allylic oxidation sites excluding steroid dienone is 1. The van der Waals surface area contributed by atoms with E-state index in [0.29, 0.717) is 22.8 Å². The zero-order valence-corrected chi connectivity index (χ0v) is 21.7. The first-order valence-corrected chi connectivity index (χ1v) is 11.8. The van der Waals surface area contributed by atoms with Crippen LogP contribution < -0.4 is 25.5 Å². The maximum absolute atomic E-state index is 12.4. The van der Waals surface area contributed by atoms with E-state index in [-0.39, 0.29) is 12.2 Å². The lowest BCUT2D eigenvalue weighted by molar-refractivity contribution is -0.136. The number of aryl methyl sites for hydroxylation is 1. The van der Waals surface area contributed by atoms with Gasteiger partial charge in [-0.1, -0.05) is 24.3 Å². The Morgan fingerprint density at radius 1 is 1.13 bits per heavy atom. The topological polar surface area (TPSA) is 132 Å². The molecule has 0 saturated heterocycles. The van der Waals surface area contributed by atoms with Gasteiger partial charge in [0.1, 0.15) is 0 Å². The fourth-order valence-corrected chi connectivity index (χ4v) is 4.36. The van der Waals surface area contributed by atoms with Gasteiger partial charge < -0.3 is 29.4 Å². The SMILES string of the molecule is COC(=O)C1=C(C)NC(=O)N[C@H]1c1ccc(OCC(=O)N/N=C\c2c(C)n(C)c3ccccc23)c(OC)c1. The van der Waals surface area contributed by atoms with E-state index in [1.165, 1.54) is 14.2 Å². The van der Waals surface area contributed by atoms with Crippen LogP contribution in [0.4, 0.5) is 4.79 Å². The van der Waals surface area contributed by atoms with E-state index in [9.17, 15) is 14.4 Å². The molecule has 0 fully saturated rings. The van der Waals surface area contributed by atoms with Crippen LogP contribution in [0.1, 0.15) is 29.8 Å². The number of amides is 3. The third kappa shape index (κ3) is 5.17. The Balaban J connectivity index is 1.44. The lowest BCUT2D eigenvalue weighted by Crippen LogP contribution is -2.45. The van der Waals surface area contributed by atoms with Gasteiger partial charge in [-0.15, -0.1) is 0 Å². The maximum atomic E-state index is 12.4. The van der Waals surface area contributed by atoms with Crippen LogP contribution in [-0.2, 0) is 21.4 Å². The number of urea groups is 1. The van der Waals surface area contributed by atoms with E-state index in [4.69, 9.17) is 14.2 Å². The molecule has 38 heavy (non-hydrogen) atoms. The van der Waals surface area contributed by atoms with E-state index < -0.39 is 23.9 Å². The molecule has 1 atom stereocenters. The number of aromatic nitrogens is 1. The summed E-state index contributed by atoms with van der Waals surface area (Å²) in [6, 6.07) is 11.7. The number of benzene rings is 2. The number of hydrogen-bond acceptors (Lipinski definition) is 7. The minimum absolute atomic E-state index is 0.265. The van der Waals surface area contributed by atoms with Gasteiger partial charge >= 0.3 is 12.0 Å². The number of esters is 1. The zero-order chi connectivity index (χ0) is 27.4. The molecule has 198 valence electrons. The average Bonchev–Trinajstić information content (AvgIpc) is 3.16. The first kappa shape index (κ1) is 26.3. The minimum Gasteiger partial charge on any atom is -0.493 e. The zero-order valence-electron chi connectivity index (χ0n) is 21.7. The van der Waals surface area contributed by atoms with Crippen molar-refractivity contribution in [1.82, 2.24) is 20.6 Å². The van der Waals surface area contributed by atoms with Crippen molar-refractivity contribution in [3.63, 3.8) is 0 Å². The highest BCUT2D eigenvalue weighted by Gasteiger charge is 2.32. The van der Waals surface area contributed by atoms with Gasteiger partial charge in [-0.3, -0.25) is 4.79 Å². The number of rotatable bonds is 8. The quantitative estimate of drug-likeness (QED) is 0.238. The van der Waals surface area contributed by atoms with Crippen LogP contribution in [0.2, 0.25) is 0 Å². The van der Waals surface area contributed by atoms with Gasteiger partial charge in [0.05, 0.1) is 32.0 Å². The van der Waals surface area contributed by atoms with Crippen molar-refractivity contribution >= 4 is 35.0 Å². The summed E-state index contributed by atoms with van der Waals surface area (Å²) >= 11 is 0. The molecule has 11 heteroatoms. The Morgan fingerprint density at radius 2 is 1.89 bits per heavy atom. The summed E-state index contributed by atoms with van der Waals surface area (Å²) in [4.78, 5) is 36.8. The normalized spacial score (nSPS) is 15.3. The predicted octanol–water partition coefficient (Wildman–Crippen LogP) is 2.83. The van der Waals surface area contributed by atoms with Crippen molar-refractivity contribution in [2.45, 2.75) is 19.9 Å². The number of hydrogen-bond donors (Lipinski definition) is 3. The van der Waals surface area contributed by atoms with Crippen LogP contribution in [0, 0.1) is 6.92 Å². The number of ether oxygens (including phenoxy) is 3. The molecule has 3 N–H and O–H groups in total. The second-order valence-electron chi connectivity index (χ2n) is 8.63. The van der Waals surface area contributed by atoms with Crippen LogP contribution in [0.5, 0.6) is 11.5 Å².